The molecule has 0 aliphatic carbocycles. The fourth-order valence-corrected chi connectivity index (χ4v) is 3.08. The minimum atomic E-state index is -0.445. The minimum Gasteiger partial charge on any atom is -0.359 e. The quantitative estimate of drug-likeness (QED) is 0.404. The summed E-state index contributed by atoms with van der Waals surface area (Å²) in [5.41, 5.74) is 4.33. The third-order valence-electron chi connectivity index (χ3n) is 4.43. The maximum Gasteiger partial charge on any atom is 0.266 e. The average Bonchev–Trinajstić information content (AvgIpc) is 3.18. The lowest BCUT2D eigenvalue weighted by atomic mass is 10.1. The van der Waals surface area contributed by atoms with E-state index in [2.05, 4.69) is 15.3 Å². The molecule has 0 saturated carbocycles. The molecule has 0 unspecified atom stereocenters. The number of pyridine rings is 1. The maximum atomic E-state index is 12.6. The predicted octanol–water partition coefficient (Wildman–Crippen LogP) is 4.78. The summed E-state index contributed by atoms with van der Waals surface area (Å²) >= 11 is 0. The Labute approximate surface area is 162 Å². The molecule has 28 heavy (non-hydrogen) atoms. The van der Waals surface area contributed by atoms with Crippen molar-refractivity contribution < 1.29 is 4.79 Å². The van der Waals surface area contributed by atoms with E-state index in [4.69, 9.17) is 0 Å². The molecule has 4 aromatic rings. The zero-order chi connectivity index (χ0) is 19.3. The molecule has 2 aromatic heterocycles. The van der Waals surface area contributed by atoms with Gasteiger partial charge in [-0.2, -0.15) is 5.26 Å². The third-order valence-corrected chi connectivity index (χ3v) is 4.43. The van der Waals surface area contributed by atoms with Gasteiger partial charge in [-0.1, -0.05) is 42.5 Å². The van der Waals surface area contributed by atoms with Crippen molar-refractivity contribution in [1.82, 2.24) is 9.97 Å². The Hall–Kier alpha value is -4.17. The van der Waals surface area contributed by atoms with Gasteiger partial charge in [0.05, 0.1) is 11.2 Å². The number of para-hydroxylation sites is 1. The van der Waals surface area contributed by atoms with Crippen molar-refractivity contribution in [1.29, 1.82) is 5.26 Å². The first kappa shape index (κ1) is 17.3. The Bertz CT molecular complexity index is 1200. The molecule has 2 N–H and O–H groups in total. The number of amides is 1. The maximum absolute atomic E-state index is 12.6. The first-order chi connectivity index (χ1) is 13.8. The van der Waals surface area contributed by atoms with E-state index >= 15 is 0 Å². The highest BCUT2D eigenvalue weighted by atomic mass is 16.1. The van der Waals surface area contributed by atoms with Gasteiger partial charge in [0.25, 0.3) is 5.91 Å². The number of rotatable bonds is 4. The van der Waals surface area contributed by atoms with Crippen LogP contribution in [0.2, 0.25) is 0 Å². The number of aromatic amines is 1. The Kier molecular flexibility index (Phi) is 4.68. The van der Waals surface area contributed by atoms with Gasteiger partial charge in [-0.15, -0.1) is 0 Å². The van der Waals surface area contributed by atoms with Crippen molar-refractivity contribution in [2.24, 2.45) is 0 Å². The molecule has 0 aliphatic heterocycles. The summed E-state index contributed by atoms with van der Waals surface area (Å²) in [6.07, 6.45) is 6.97. The molecule has 134 valence electrons. The van der Waals surface area contributed by atoms with Crippen molar-refractivity contribution in [3.63, 3.8) is 0 Å². The number of fused-ring (bicyclic) bond motifs is 1. The van der Waals surface area contributed by atoms with Gasteiger partial charge in [0.1, 0.15) is 11.6 Å². The smallest absolute Gasteiger partial charge is 0.266 e. The van der Waals surface area contributed by atoms with Gasteiger partial charge < -0.3 is 10.3 Å². The Morgan fingerprint density at radius 2 is 1.82 bits per heavy atom. The summed E-state index contributed by atoms with van der Waals surface area (Å²) in [4.78, 5) is 19.9. The van der Waals surface area contributed by atoms with Gasteiger partial charge in [-0.25, -0.2) is 0 Å². The third kappa shape index (κ3) is 3.39. The molecule has 4 rings (SSSR count). The zero-order valence-electron chi connectivity index (χ0n) is 14.9. The standard InChI is InChI=1S/C23H16N4O/c24-14-18(13-16-5-2-1-3-6-16)23(28)27-21-8-4-7-19-20(15-26-22(19)21)17-9-11-25-12-10-17/h1-13,15,26H,(H,27,28). The second-order valence-corrected chi connectivity index (χ2v) is 6.20. The highest BCUT2D eigenvalue weighted by Gasteiger charge is 2.14. The van der Waals surface area contributed by atoms with Gasteiger partial charge in [0.2, 0.25) is 0 Å². The van der Waals surface area contributed by atoms with Crippen molar-refractivity contribution in [2.75, 3.05) is 5.32 Å². The molecule has 0 bridgehead atoms. The number of aromatic nitrogens is 2. The summed E-state index contributed by atoms with van der Waals surface area (Å²) in [5, 5.41) is 13.2. The SMILES string of the molecule is N#CC(=Cc1ccccc1)C(=O)Nc1cccc2c(-c3ccncc3)c[nH]c12. The Morgan fingerprint density at radius 1 is 1.04 bits per heavy atom. The monoisotopic (exact) mass is 364 g/mol. The van der Waals surface area contributed by atoms with Gasteiger partial charge in [-0.05, 0) is 35.4 Å². The Balaban J connectivity index is 1.67. The second kappa shape index (κ2) is 7.60. The largest absolute Gasteiger partial charge is 0.359 e. The predicted molar refractivity (Wildman–Crippen MR) is 110 cm³/mol. The van der Waals surface area contributed by atoms with Crippen LogP contribution in [0.3, 0.4) is 0 Å². The number of H-pyrrole nitrogens is 1. The minimum absolute atomic E-state index is 0.0455. The molecule has 2 heterocycles. The number of hydrogen-bond donors (Lipinski definition) is 2. The molecular weight excluding hydrogens is 348 g/mol. The van der Waals surface area contributed by atoms with E-state index in [1.165, 1.54) is 0 Å². The molecule has 0 fully saturated rings. The van der Waals surface area contributed by atoms with E-state index in [-0.39, 0.29) is 5.57 Å². The van der Waals surface area contributed by atoms with Crippen molar-refractivity contribution >= 4 is 28.6 Å². The summed E-state index contributed by atoms with van der Waals surface area (Å²) in [5.74, 6) is -0.445. The summed E-state index contributed by atoms with van der Waals surface area (Å²) < 4.78 is 0. The molecule has 0 spiro atoms. The number of nitriles is 1. The Morgan fingerprint density at radius 3 is 2.57 bits per heavy atom. The fourth-order valence-electron chi connectivity index (χ4n) is 3.08. The number of carbonyl (C=O) groups is 1. The van der Waals surface area contributed by atoms with Crippen LogP contribution >= 0.6 is 0 Å². The number of hydrogen-bond acceptors (Lipinski definition) is 3. The van der Waals surface area contributed by atoms with E-state index in [1.807, 2.05) is 72.9 Å². The van der Waals surface area contributed by atoms with Crippen LogP contribution in [0.15, 0.2) is 84.8 Å². The van der Waals surface area contributed by atoms with Gasteiger partial charge in [0.15, 0.2) is 0 Å². The summed E-state index contributed by atoms with van der Waals surface area (Å²) in [6, 6.07) is 20.8. The van der Waals surface area contributed by atoms with E-state index in [9.17, 15) is 10.1 Å². The molecule has 0 atom stereocenters. The molecule has 0 radical (unpaired) electrons. The van der Waals surface area contributed by atoms with Crippen molar-refractivity contribution in [2.45, 2.75) is 0 Å². The van der Waals surface area contributed by atoms with Gasteiger partial charge in [0, 0.05) is 29.5 Å². The first-order valence-electron chi connectivity index (χ1n) is 8.75. The highest BCUT2D eigenvalue weighted by Crippen LogP contribution is 2.32. The first-order valence-corrected chi connectivity index (χ1v) is 8.75. The lowest BCUT2D eigenvalue weighted by molar-refractivity contribution is -0.112. The number of nitrogens with one attached hydrogen (secondary N) is 2. The van der Waals surface area contributed by atoms with E-state index in [0.717, 1.165) is 27.6 Å². The normalized spacial score (nSPS) is 11.2. The zero-order valence-corrected chi connectivity index (χ0v) is 14.9. The lowest BCUT2D eigenvalue weighted by Crippen LogP contribution is -2.13. The molecule has 5 heteroatoms. The molecule has 0 aliphatic rings. The molecule has 5 nitrogen and oxygen atoms in total. The van der Waals surface area contributed by atoms with Crippen molar-refractivity contribution in [3.05, 3.63) is 90.4 Å². The summed E-state index contributed by atoms with van der Waals surface area (Å²) in [7, 11) is 0. The molecule has 1 amide bonds. The number of nitrogens with zero attached hydrogens (tertiary/aromatic N) is 2. The van der Waals surface area contributed by atoms with Crippen LogP contribution in [0.4, 0.5) is 5.69 Å². The van der Waals surface area contributed by atoms with Crippen LogP contribution in [0.25, 0.3) is 28.1 Å². The van der Waals surface area contributed by atoms with E-state index in [1.54, 1.807) is 18.5 Å². The fraction of sp³-hybridized carbons (Fsp3) is 0. The average molecular weight is 364 g/mol. The summed E-state index contributed by atoms with van der Waals surface area (Å²) in [6.45, 7) is 0. The number of carbonyl (C=O) groups excluding carboxylic acids is 1. The highest BCUT2D eigenvalue weighted by molar-refractivity contribution is 6.13. The second-order valence-electron chi connectivity index (χ2n) is 6.20. The van der Waals surface area contributed by atoms with Gasteiger partial charge >= 0.3 is 0 Å². The van der Waals surface area contributed by atoms with Crippen LogP contribution in [0.1, 0.15) is 5.56 Å². The van der Waals surface area contributed by atoms with Gasteiger partial charge in [-0.3, -0.25) is 9.78 Å². The number of benzene rings is 2. The topological polar surface area (TPSA) is 81.6 Å². The van der Waals surface area contributed by atoms with Crippen molar-refractivity contribution in [3.8, 4) is 17.2 Å². The molecular formula is C23H16N4O. The van der Waals surface area contributed by atoms with Crippen LogP contribution in [0, 0.1) is 11.3 Å². The molecule has 0 saturated heterocycles. The van der Waals surface area contributed by atoms with Crippen LogP contribution in [-0.4, -0.2) is 15.9 Å². The van der Waals surface area contributed by atoms with E-state index < -0.39 is 5.91 Å². The number of anilines is 1. The lowest BCUT2D eigenvalue weighted by Gasteiger charge is -2.07. The van der Waals surface area contributed by atoms with Crippen LogP contribution in [0.5, 0.6) is 0 Å². The van der Waals surface area contributed by atoms with E-state index in [0.29, 0.717) is 5.69 Å². The van der Waals surface area contributed by atoms with Crippen LogP contribution < -0.4 is 5.32 Å². The van der Waals surface area contributed by atoms with Crippen LogP contribution in [-0.2, 0) is 4.79 Å². The molecule has 2 aromatic carbocycles.